The molecule has 2 aliphatic rings. The predicted octanol–water partition coefficient (Wildman–Crippen LogP) is 3.10. The van der Waals surface area contributed by atoms with E-state index in [1.54, 1.807) is 0 Å². The van der Waals surface area contributed by atoms with Crippen LogP contribution in [0, 0.1) is 5.92 Å². The molecular weight excluding hydrogens is 266 g/mol. The summed E-state index contributed by atoms with van der Waals surface area (Å²) in [6, 6.07) is 0.103. The van der Waals surface area contributed by atoms with E-state index in [0.717, 1.165) is 6.42 Å². The Balaban J connectivity index is 1.73. The summed E-state index contributed by atoms with van der Waals surface area (Å²) in [5, 5.41) is 4.19. The molecule has 5 heteroatoms. The standard InChI is InChI=1S/C16H25N3O2/c1-2-20-14(11-6-4-3-5-7-11)15-18-16(21-19-15)12-8-9-13(17)10-12/h8-9,11-14H,2-7,10,17H2,1H3. The minimum Gasteiger partial charge on any atom is -0.370 e. The number of aromatic nitrogens is 2. The molecule has 0 aromatic carbocycles. The van der Waals surface area contributed by atoms with Crippen molar-refractivity contribution in [1.29, 1.82) is 0 Å². The van der Waals surface area contributed by atoms with Crippen LogP contribution in [0.4, 0.5) is 0 Å². The molecule has 3 atom stereocenters. The molecule has 21 heavy (non-hydrogen) atoms. The van der Waals surface area contributed by atoms with Crippen LogP contribution in [0.5, 0.6) is 0 Å². The van der Waals surface area contributed by atoms with Crippen molar-refractivity contribution < 1.29 is 9.26 Å². The van der Waals surface area contributed by atoms with Gasteiger partial charge in [0.25, 0.3) is 0 Å². The Bertz CT molecular complexity index is 480. The Morgan fingerprint density at radius 2 is 2.14 bits per heavy atom. The van der Waals surface area contributed by atoms with Crippen LogP contribution in [0.2, 0.25) is 0 Å². The summed E-state index contributed by atoms with van der Waals surface area (Å²) in [5.41, 5.74) is 5.89. The summed E-state index contributed by atoms with van der Waals surface area (Å²) in [6.45, 7) is 2.70. The van der Waals surface area contributed by atoms with E-state index in [1.807, 2.05) is 13.0 Å². The first kappa shape index (κ1) is 14.7. The molecular formula is C16H25N3O2. The van der Waals surface area contributed by atoms with E-state index >= 15 is 0 Å². The lowest BCUT2D eigenvalue weighted by atomic mass is 9.85. The number of allylic oxidation sites excluding steroid dienone is 1. The van der Waals surface area contributed by atoms with Crippen molar-refractivity contribution in [3.8, 4) is 0 Å². The maximum absolute atomic E-state index is 5.94. The fourth-order valence-electron chi connectivity index (χ4n) is 3.46. The highest BCUT2D eigenvalue weighted by atomic mass is 16.5. The Labute approximate surface area is 125 Å². The van der Waals surface area contributed by atoms with Crippen molar-refractivity contribution in [2.45, 2.75) is 63.5 Å². The van der Waals surface area contributed by atoms with E-state index in [1.165, 1.54) is 32.1 Å². The van der Waals surface area contributed by atoms with E-state index in [-0.39, 0.29) is 18.1 Å². The van der Waals surface area contributed by atoms with E-state index in [4.69, 9.17) is 15.0 Å². The van der Waals surface area contributed by atoms with Crippen LogP contribution in [-0.4, -0.2) is 22.8 Å². The zero-order valence-corrected chi connectivity index (χ0v) is 12.7. The van der Waals surface area contributed by atoms with Crippen LogP contribution in [0.15, 0.2) is 16.7 Å². The highest BCUT2D eigenvalue weighted by molar-refractivity contribution is 5.15. The summed E-state index contributed by atoms with van der Waals surface area (Å²) in [6.07, 6.45) is 11.2. The van der Waals surface area contributed by atoms with Gasteiger partial charge in [-0.2, -0.15) is 4.98 Å². The van der Waals surface area contributed by atoms with Gasteiger partial charge < -0.3 is 15.0 Å². The average Bonchev–Trinajstić information content (AvgIpc) is 3.14. The van der Waals surface area contributed by atoms with Crippen molar-refractivity contribution in [1.82, 2.24) is 10.1 Å². The van der Waals surface area contributed by atoms with Gasteiger partial charge in [-0.1, -0.05) is 36.6 Å². The normalized spacial score (nSPS) is 28.1. The molecule has 116 valence electrons. The molecule has 1 heterocycles. The third-order valence-electron chi connectivity index (χ3n) is 4.57. The number of hydrogen-bond acceptors (Lipinski definition) is 5. The van der Waals surface area contributed by atoms with Gasteiger partial charge in [0.05, 0.1) is 5.92 Å². The number of ether oxygens (including phenoxy) is 1. The largest absolute Gasteiger partial charge is 0.370 e. The quantitative estimate of drug-likeness (QED) is 0.844. The number of hydrogen-bond donors (Lipinski definition) is 1. The van der Waals surface area contributed by atoms with Crippen LogP contribution >= 0.6 is 0 Å². The summed E-state index contributed by atoms with van der Waals surface area (Å²) in [7, 11) is 0. The molecule has 1 aromatic rings. The van der Waals surface area contributed by atoms with Gasteiger partial charge >= 0.3 is 0 Å². The number of nitrogens with zero attached hydrogens (tertiary/aromatic N) is 2. The van der Waals surface area contributed by atoms with Gasteiger partial charge in [0.15, 0.2) is 0 Å². The fraction of sp³-hybridized carbons (Fsp3) is 0.750. The summed E-state index contributed by atoms with van der Waals surface area (Å²) >= 11 is 0. The number of rotatable bonds is 5. The highest BCUT2D eigenvalue weighted by Gasteiger charge is 2.31. The number of nitrogens with two attached hydrogens (primary N) is 1. The second-order valence-electron chi connectivity index (χ2n) is 6.16. The Hall–Kier alpha value is -1.20. The maximum atomic E-state index is 5.94. The predicted molar refractivity (Wildman–Crippen MR) is 79.7 cm³/mol. The van der Waals surface area contributed by atoms with Gasteiger partial charge in [0, 0.05) is 12.6 Å². The Morgan fingerprint density at radius 1 is 1.33 bits per heavy atom. The topological polar surface area (TPSA) is 74.2 Å². The van der Waals surface area contributed by atoms with Crippen LogP contribution in [0.1, 0.15) is 69.2 Å². The zero-order valence-electron chi connectivity index (χ0n) is 12.7. The zero-order chi connectivity index (χ0) is 14.7. The van der Waals surface area contributed by atoms with Gasteiger partial charge in [0.2, 0.25) is 11.7 Å². The van der Waals surface area contributed by atoms with Crippen LogP contribution < -0.4 is 5.73 Å². The van der Waals surface area contributed by atoms with E-state index in [9.17, 15) is 0 Å². The second kappa shape index (κ2) is 6.71. The van der Waals surface area contributed by atoms with Crippen molar-refractivity contribution in [2.24, 2.45) is 11.7 Å². The second-order valence-corrected chi connectivity index (χ2v) is 6.16. The molecule has 3 unspecified atom stereocenters. The molecule has 0 aliphatic heterocycles. The molecule has 0 bridgehead atoms. The lowest BCUT2D eigenvalue weighted by Crippen LogP contribution is -2.20. The molecule has 0 amide bonds. The van der Waals surface area contributed by atoms with Gasteiger partial charge in [-0.3, -0.25) is 0 Å². The smallest absolute Gasteiger partial charge is 0.233 e. The lowest BCUT2D eigenvalue weighted by Gasteiger charge is -2.27. The van der Waals surface area contributed by atoms with Crippen LogP contribution in [0.25, 0.3) is 0 Å². The van der Waals surface area contributed by atoms with Crippen LogP contribution in [0.3, 0.4) is 0 Å². The van der Waals surface area contributed by atoms with E-state index in [2.05, 4.69) is 16.2 Å². The molecule has 1 aromatic heterocycles. The fourth-order valence-corrected chi connectivity index (χ4v) is 3.46. The third-order valence-corrected chi connectivity index (χ3v) is 4.57. The lowest BCUT2D eigenvalue weighted by molar-refractivity contribution is -0.00145. The first-order valence-electron chi connectivity index (χ1n) is 8.17. The molecule has 2 N–H and O–H groups in total. The van der Waals surface area contributed by atoms with Gasteiger partial charge in [-0.25, -0.2) is 0 Å². The van der Waals surface area contributed by atoms with E-state index in [0.29, 0.717) is 24.2 Å². The molecule has 2 aliphatic carbocycles. The van der Waals surface area contributed by atoms with Crippen molar-refractivity contribution >= 4 is 0 Å². The minimum atomic E-state index is -0.0214. The Morgan fingerprint density at radius 3 is 2.81 bits per heavy atom. The molecule has 0 spiro atoms. The van der Waals surface area contributed by atoms with E-state index < -0.39 is 0 Å². The van der Waals surface area contributed by atoms with Crippen molar-refractivity contribution in [3.63, 3.8) is 0 Å². The SMILES string of the molecule is CCOC(c1noc(C2C=CC(N)C2)n1)C1CCCCC1. The van der Waals surface area contributed by atoms with Gasteiger partial charge in [-0.15, -0.1) is 0 Å². The van der Waals surface area contributed by atoms with Crippen LogP contribution in [-0.2, 0) is 4.74 Å². The molecule has 0 radical (unpaired) electrons. The molecule has 3 rings (SSSR count). The molecule has 1 saturated carbocycles. The maximum Gasteiger partial charge on any atom is 0.233 e. The molecule has 5 nitrogen and oxygen atoms in total. The first-order chi connectivity index (χ1) is 10.3. The van der Waals surface area contributed by atoms with Crippen molar-refractivity contribution in [2.75, 3.05) is 6.61 Å². The molecule has 1 fully saturated rings. The third kappa shape index (κ3) is 3.35. The van der Waals surface area contributed by atoms with Crippen molar-refractivity contribution in [3.05, 3.63) is 23.9 Å². The first-order valence-corrected chi connectivity index (χ1v) is 8.17. The summed E-state index contributed by atoms with van der Waals surface area (Å²) in [4.78, 5) is 4.61. The monoisotopic (exact) mass is 291 g/mol. The van der Waals surface area contributed by atoms with Gasteiger partial charge in [0.1, 0.15) is 6.10 Å². The highest BCUT2D eigenvalue weighted by Crippen LogP contribution is 2.36. The average molecular weight is 291 g/mol. The minimum absolute atomic E-state index is 0.0214. The summed E-state index contributed by atoms with van der Waals surface area (Å²) in [5.74, 6) is 2.07. The van der Waals surface area contributed by atoms with Gasteiger partial charge in [-0.05, 0) is 32.1 Å². The Kier molecular flexibility index (Phi) is 4.70. The summed E-state index contributed by atoms with van der Waals surface area (Å²) < 4.78 is 11.4. The molecule has 0 saturated heterocycles.